The van der Waals surface area contributed by atoms with E-state index in [0.717, 1.165) is 24.0 Å². The average molecular weight is 466 g/mol. The zero-order valence-corrected chi connectivity index (χ0v) is 20.3. The summed E-state index contributed by atoms with van der Waals surface area (Å²) in [6.45, 7) is 4.27. The Balaban J connectivity index is 1.70. The Morgan fingerprint density at radius 2 is 2.03 bits per heavy atom. The fourth-order valence-electron chi connectivity index (χ4n) is 4.61. The van der Waals surface area contributed by atoms with E-state index >= 15 is 0 Å². The molecule has 2 aliphatic rings. The SMILES string of the molecule is COc1cc(CCC(=O)CC(OC(C)=O)C(CC2=CCN=C2)CC2C=CC=CC2C)ccc1O. The van der Waals surface area contributed by atoms with Crippen molar-refractivity contribution in [3.05, 3.63) is 59.7 Å². The van der Waals surface area contributed by atoms with Crippen LogP contribution in [0.2, 0.25) is 0 Å². The number of rotatable bonds is 12. The lowest BCUT2D eigenvalue weighted by atomic mass is 9.78. The van der Waals surface area contributed by atoms with Crippen LogP contribution >= 0.6 is 0 Å². The van der Waals surface area contributed by atoms with E-state index in [1.54, 1.807) is 18.2 Å². The topological polar surface area (TPSA) is 85.2 Å². The van der Waals surface area contributed by atoms with Crippen molar-refractivity contribution in [3.8, 4) is 11.5 Å². The number of Topliss-reactive ketones (excluding diaryl/α,β-unsaturated/α-hetero) is 1. The van der Waals surface area contributed by atoms with Crippen LogP contribution in [0, 0.1) is 17.8 Å². The van der Waals surface area contributed by atoms with E-state index in [4.69, 9.17) is 9.47 Å². The molecule has 0 saturated carbocycles. The summed E-state index contributed by atoms with van der Waals surface area (Å²) in [6.07, 6.45) is 14.6. The van der Waals surface area contributed by atoms with Crippen molar-refractivity contribution in [2.45, 2.75) is 52.1 Å². The predicted octanol–water partition coefficient (Wildman–Crippen LogP) is 5.01. The predicted molar refractivity (Wildman–Crippen MR) is 133 cm³/mol. The second kappa shape index (κ2) is 12.4. The van der Waals surface area contributed by atoms with Crippen LogP contribution in [0.5, 0.6) is 11.5 Å². The second-order valence-electron chi connectivity index (χ2n) is 9.16. The molecule has 1 aliphatic carbocycles. The van der Waals surface area contributed by atoms with Gasteiger partial charge in [0, 0.05) is 31.9 Å². The standard InChI is InChI=1S/C28H35NO5/c1-19-6-4-5-7-23(19)16-24(14-22-12-13-29-18-22)27(34-20(2)30)17-25(31)10-8-21-9-11-26(32)28(15-21)33-3/h4-7,9,11-12,15,18-19,23-24,27,32H,8,10,13-14,16-17H2,1-3H3. The molecule has 0 bridgehead atoms. The molecule has 1 N–H and O–H groups in total. The molecule has 182 valence electrons. The molecule has 4 atom stereocenters. The first-order valence-electron chi connectivity index (χ1n) is 11.9. The van der Waals surface area contributed by atoms with E-state index in [1.807, 2.05) is 6.21 Å². The highest BCUT2D eigenvalue weighted by molar-refractivity contribution is 5.81. The molecule has 0 fully saturated rings. The van der Waals surface area contributed by atoms with Crippen molar-refractivity contribution in [2.24, 2.45) is 22.7 Å². The molecule has 0 spiro atoms. The van der Waals surface area contributed by atoms with Gasteiger partial charge in [-0.05, 0) is 54.4 Å². The molecule has 6 nitrogen and oxygen atoms in total. The molecule has 1 heterocycles. The first-order valence-corrected chi connectivity index (χ1v) is 11.9. The van der Waals surface area contributed by atoms with Crippen LogP contribution in [0.4, 0.5) is 0 Å². The highest BCUT2D eigenvalue weighted by atomic mass is 16.5. The number of carbonyl (C=O) groups is 2. The monoisotopic (exact) mass is 465 g/mol. The van der Waals surface area contributed by atoms with Crippen molar-refractivity contribution in [2.75, 3.05) is 13.7 Å². The molecule has 0 amide bonds. The Kier molecular flexibility index (Phi) is 9.25. The molecule has 0 aromatic heterocycles. The third-order valence-electron chi connectivity index (χ3n) is 6.56. The number of benzene rings is 1. The Hall–Kier alpha value is -3.15. The van der Waals surface area contributed by atoms with Gasteiger partial charge in [0.05, 0.1) is 13.7 Å². The van der Waals surface area contributed by atoms with Crippen LogP contribution in [0.15, 0.2) is 59.1 Å². The maximum absolute atomic E-state index is 13.0. The van der Waals surface area contributed by atoms with Gasteiger partial charge in [0.1, 0.15) is 11.9 Å². The number of allylic oxidation sites excluding steroid dienone is 5. The minimum absolute atomic E-state index is 0.0148. The summed E-state index contributed by atoms with van der Waals surface area (Å²) in [7, 11) is 1.50. The van der Waals surface area contributed by atoms with E-state index in [9.17, 15) is 14.7 Å². The largest absolute Gasteiger partial charge is 0.504 e. The molecule has 1 aromatic rings. The summed E-state index contributed by atoms with van der Waals surface area (Å²) in [5, 5.41) is 9.78. The third-order valence-corrected chi connectivity index (χ3v) is 6.56. The number of hydrogen-bond acceptors (Lipinski definition) is 6. The molecule has 1 aromatic carbocycles. The molecular formula is C28H35NO5. The minimum atomic E-state index is -0.485. The van der Waals surface area contributed by atoms with Crippen LogP contribution in [0.3, 0.4) is 0 Å². The van der Waals surface area contributed by atoms with Gasteiger partial charge < -0.3 is 14.6 Å². The number of aliphatic imine (C=N–C) groups is 1. The van der Waals surface area contributed by atoms with E-state index in [1.165, 1.54) is 14.0 Å². The molecule has 34 heavy (non-hydrogen) atoms. The maximum Gasteiger partial charge on any atom is 0.302 e. The van der Waals surface area contributed by atoms with Crippen molar-refractivity contribution < 1.29 is 24.2 Å². The number of phenolic OH excluding ortho intramolecular Hbond substituents is 1. The Bertz CT molecular complexity index is 991. The number of ether oxygens (including phenoxy) is 2. The average Bonchev–Trinajstić information content (AvgIpc) is 3.32. The number of esters is 1. The van der Waals surface area contributed by atoms with Gasteiger partial charge in [-0.2, -0.15) is 0 Å². The zero-order chi connectivity index (χ0) is 24.5. The molecule has 4 unspecified atom stereocenters. The van der Waals surface area contributed by atoms with Gasteiger partial charge in [0.25, 0.3) is 0 Å². The minimum Gasteiger partial charge on any atom is -0.504 e. The molecule has 6 heteroatoms. The number of aromatic hydroxyl groups is 1. The van der Waals surface area contributed by atoms with E-state index in [2.05, 4.69) is 42.3 Å². The summed E-state index contributed by atoms with van der Waals surface area (Å²) in [6, 6.07) is 5.10. The fraction of sp³-hybridized carbons (Fsp3) is 0.464. The van der Waals surface area contributed by atoms with Crippen LogP contribution in [-0.4, -0.2) is 42.8 Å². The Morgan fingerprint density at radius 3 is 2.71 bits per heavy atom. The van der Waals surface area contributed by atoms with Crippen molar-refractivity contribution in [1.29, 1.82) is 0 Å². The summed E-state index contributed by atoms with van der Waals surface area (Å²) in [5.74, 6) is 0.861. The number of nitrogens with zero attached hydrogens (tertiary/aromatic N) is 1. The second-order valence-corrected chi connectivity index (χ2v) is 9.16. The molecule has 3 rings (SSSR count). The lowest BCUT2D eigenvalue weighted by Crippen LogP contribution is -2.32. The van der Waals surface area contributed by atoms with Crippen LogP contribution in [0.1, 0.15) is 45.1 Å². The quantitative estimate of drug-likeness (QED) is 0.439. The normalized spacial score (nSPS) is 20.6. The zero-order valence-electron chi connectivity index (χ0n) is 20.3. The number of hydrogen-bond donors (Lipinski definition) is 1. The number of carbonyl (C=O) groups excluding carboxylic acids is 2. The van der Waals surface area contributed by atoms with Gasteiger partial charge in [-0.15, -0.1) is 0 Å². The Morgan fingerprint density at radius 1 is 1.24 bits per heavy atom. The highest BCUT2D eigenvalue weighted by Crippen LogP contribution is 2.33. The van der Waals surface area contributed by atoms with E-state index in [0.29, 0.717) is 37.0 Å². The van der Waals surface area contributed by atoms with Crippen LogP contribution < -0.4 is 4.74 Å². The first-order chi connectivity index (χ1) is 16.4. The van der Waals surface area contributed by atoms with Gasteiger partial charge in [0.15, 0.2) is 11.5 Å². The third kappa shape index (κ3) is 7.44. The van der Waals surface area contributed by atoms with Crippen molar-refractivity contribution in [3.63, 3.8) is 0 Å². The maximum atomic E-state index is 13.0. The molecule has 0 radical (unpaired) electrons. The van der Waals surface area contributed by atoms with Gasteiger partial charge >= 0.3 is 5.97 Å². The van der Waals surface area contributed by atoms with Gasteiger partial charge in [-0.3, -0.25) is 14.6 Å². The van der Waals surface area contributed by atoms with Crippen LogP contribution in [-0.2, 0) is 20.7 Å². The summed E-state index contributed by atoms with van der Waals surface area (Å²) < 4.78 is 10.9. The molecular weight excluding hydrogens is 430 g/mol. The van der Waals surface area contributed by atoms with E-state index < -0.39 is 6.10 Å². The number of phenols is 1. The molecule has 1 aliphatic heterocycles. The first kappa shape index (κ1) is 25.5. The van der Waals surface area contributed by atoms with Gasteiger partial charge in [-0.1, -0.05) is 43.4 Å². The van der Waals surface area contributed by atoms with E-state index in [-0.39, 0.29) is 29.8 Å². The van der Waals surface area contributed by atoms with Crippen molar-refractivity contribution in [1.82, 2.24) is 0 Å². The van der Waals surface area contributed by atoms with Gasteiger partial charge in [-0.25, -0.2) is 0 Å². The van der Waals surface area contributed by atoms with Crippen molar-refractivity contribution >= 4 is 18.0 Å². The number of methoxy groups -OCH3 is 1. The fourth-order valence-corrected chi connectivity index (χ4v) is 4.61. The lowest BCUT2D eigenvalue weighted by Gasteiger charge is -2.31. The summed E-state index contributed by atoms with van der Waals surface area (Å²) in [4.78, 5) is 29.3. The number of aryl methyl sites for hydroxylation is 1. The Labute approximate surface area is 202 Å². The van der Waals surface area contributed by atoms with Gasteiger partial charge in [0.2, 0.25) is 0 Å². The smallest absolute Gasteiger partial charge is 0.302 e. The number of ketones is 1. The summed E-state index contributed by atoms with van der Waals surface area (Å²) >= 11 is 0. The summed E-state index contributed by atoms with van der Waals surface area (Å²) in [5.41, 5.74) is 2.04. The molecule has 0 saturated heterocycles. The lowest BCUT2D eigenvalue weighted by molar-refractivity contribution is -0.151. The highest BCUT2D eigenvalue weighted by Gasteiger charge is 2.31. The van der Waals surface area contributed by atoms with Crippen LogP contribution in [0.25, 0.3) is 0 Å².